The van der Waals surface area contributed by atoms with E-state index in [1.165, 1.54) is 6.92 Å². The van der Waals surface area contributed by atoms with Gasteiger partial charge >= 0.3 is 11.9 Å². The number of H-pyrrole nitrogens is 1. The number of aliphatic hydroxyl groups excluding tert-OH is 1. The normalized spacial score (nSPS) is 14.9. The summed E-state index contributed by atoms with van der Waals surface area (Å²) in [6.45, 7) is 1.66. The number of fused-ring (bicyclic) bond motifs is 1. The molecule has 5 atom stereocenters. The van der Waals surface area contributed by atoms with Gasteiger partial charge in [-0.05, 0) is 50.8 Å². The van der Waals surface area contributed by atoms with Crippen LogP contribution in [0.1, 0.15) is 44.6 Å². The second-order valence-corrected chi connectivity index (χ2v) is 9.57. The lowest BCUT2D eigenvalue weighted by molar-refractivity contribution is -0.143. The van der Waals surface area contributed by atoms with Gasteiger partial charge in [0.15, 0.2) is 0 Å². The van der Waals surface area contributed by atoms with Crippen LogP contribution in [0.2, 0.25) is 0 Å². The van der Waals surface area contributed by atoms with Crippen LogP contribution in [0.5, 0.6) is 0 Å². The van der Waals surface area contributed by atoms with Crippen molar-refractivity contribution in [3.63, 3.8) is 0 Å². The molecule has 5 unspecified atom stereocenters. The number of aromatic amines is 1. The van der Waals surface area contributed by atoms with E-state index in [1.54, 1.807) is 12.3 Å². The van der Waals surface area contributed by atoms with Gasteiger partial charge in [-0.15, -0.1) is 0 Å². The Morgan fingerprint density at radius 3 is 2.15 bits per heavy atom. The monoisotopic (exact) mass is 562 g/mol. The van der Waals surface area contributed by atoms with Crippen molar-refractivity contribution in [3.8, 4) is 0 Å². The number of carboxylic acid groups (broad SMARTS) is 2. The van der Waals surface area contributed by atoms with E-state index in [0.717, 1.165) is 10.9 Å². The third-order valence-corrected chi connectivity index (χ3v) is 6.40. The van der Waals surface area contributed by atoms with Crippen molar-refractivity contribution in [3.05, 3.63) is 36.0 Å². The van der Waals surface area contributed by atoms with Crippen molar-refractivity contribution >= 4 is 40.6 Å². The number of aliphatic carboxylic acids is 2. The molecule has 1 heterocycles. The first kappa shape index (κ1) is 32.2. The van der Waals surface area contributed by atoms with Gasteiger partial charge in [0, 0.05) is 29.9 Å². The highest BCUT2D eigenvalue weighted by atomic mass is 16.4. The van der Waals surface area contributed by atoms with Gasteiger partial charge in [-0.3, -0.25) is 19.2 Å². The largest absolute Gasteiger partial charge is 0.481 e. The molecule has 0 spiro atoms. The van der Waals surface area contributed by atoms with Crippen molar-refractivity contribution in [1.82, 2.24) is 20.9 Å². The van der Waals surface area contributed by atoms with E-state index >= 15 is 0 Å². The van der Waals surface area contributed by atoms with Crippen molar-refractivity contribution in [2.45, 2.75) is 75.7 Å². The maximum Gasteiger partial charge on any atom is 0.326 e. The highest BCUT2D eigenvalue weighted by Crippen LogP contribution is 2.19. The molecule has 11 N–H and O–H groups in total. The molecule has 220 valence electrons. The van der Waals surface area contributed by atoms with Crippen molar-refractivity contribution in [2.24, 2.45) is 11.5 Å². The molecule has 0 saturated heterocycles. The number of para-hydroxylation sites is 1. The molecule has 0 aliphatic heterocycles. The molecule has 0 aliphatic carbocycles. The lowest BCUT2D eigenvalue weighted by Gasteiger charge is -2.25. The smallest absolute Gasteiger partial charge is 0.326 e. The zero-order chi connectivity index (χ0) is 29.8. The Kier molecular flexibility index (Phi) is 12.5. The van der Waals surface area contributed by atoms with Crippen molar-refractivity contribution < 1.29 is 39.3 Å². The van der Waals surface area contributed by atoms with Crippen LogP contribution in [-0.2, 0) is 30.4 Å². The number of aliphatic hydroxyl groups is 1. The predicted molar refractivity (Wildman–Crippen MR) is 145 cm³/mol. The van der Waals surface area contributed by atoms with Crippen LogP contribution in [0.15, 0.2) is 30.5 Å². The van der Waals surface area contributed by atoms with Gasteiger partial charge < -0.3 is 47.7 Å². The zero-order valence-electron chi connectivity index (χ0n) is 22.3. The van der Waals surface area contributed by atoms with E-state index in [0.29, 0.717) is 24.9 Å². The van der Waals surface area contributed by atoms with E-state index in [9.17, 15) is 34.2 Å². The van der Waals surface area contributed by atoms with Crippen LogP contribution < -0.4 is 27.4 Å². The molecule has 1 aromatic carbocycles. The van der Waals surface area contributed by atoms with Crippen LogP contribution in [0, 0.1) is 0 Å². The fourth-order valence-corrected chi connectivity index (χ4v) is 4.05. The van der Waals surface area contributed by atoms with Gasteiger partial charge in [0.2, 0.25) is 17.7 Å². The highest BCUT2D eigenvalue weighted by molar-refractivity contribution is 5.95. The molecular weight excluding hydrogens is 524 g/mol. The van der Waals surface area contributed by atoms with E-state index in [4.69, 9.17) is 16.6 Å². The third kappa shape index (κ3) is 9.63. The van der Waals surface area contributed by atoms with Crippen molar-refractivity contribution in [1.29, 1.82) is 0 Å². The number of carbonyl (C=O) groups is 5. The molecule has 40 heavy (non-hydrogen) atoms. The van der Waals surface area contributed by atoms with Crippen LogP contribution in [0.25, 0.3) is 10.9 Å². The first-order chi connectivity index (χ1) is 18.9. The Hall–Kier alpha value is -4.01. The summed E-state index contributed by atoms with van der Waals surface area (Å²) >= 11 is 0. The SMILES string of the molecule is CC(O)C(N)C(=O)NC(Cc1c[nH]c2ccccc12)C(=O)NC(CCC(=O)O)C(=O)NC(CCCCN)C(=O)O. The topological polar surface area (TPSA) is 250 Å². The number of carboxylic acids is 2. The minimum absolute atomic E-state index is 0.0295. The van der Waals surface area contributed by atoms with Gasteiger partial charge in [0.25, 0.3) is 0 Å². The summed E-state index contributed by atoms with van der Waals surface area (Å²) in [5.74, 6) is -5.03. The predicted octanol–water partition coefficient (Wildman–Crippen LogP) is -1.05. The molecule has 14 nitrogen and oxygen atoms in total. The number of benzene rings is 1. The Balaban J connectivity index is 2.29. The first-order valence-corrected chi connectivity index (χ1v) is 13.0. The van der Waals surface area contributed by atoms with E-state index in [2.05, 4.69) is 20.9 Å². The molecule has 1 aromatic heterocycles. The van der Waals surface area contributed by atoms with Gasteiger partial charge in [-0.1, -0.05) is 18.2 Å². The summed E-state index contributed by atoms with van der Waals surface area (Å²) in [4.78, 5) is 65.1. The van der Waals surface area contributed by atoms with Gasteiger partial charge in [-0.2, -0.15) is 0 Å². The van der Waals surface area contributed by atoms with E-state index < -0.39 is 66.4 Å². The van der Waals surface area contributed by atoms with E-state index in [1.807, 2.05) is 18.2 Å². The molecule has 0 aliphatic rings. The average Bonchev–Trinajstić information content (AvgIpc) is 3.31. The molecule has 0 radical (unpaired) electrons. The number of nitrogens with one attached hydrogen (secondary N) is 4. The maximum absolute atomic E-state index is 13.4. The lowest BCUT2D eigenvalue weighted by atomic mass is 10.0. The molecule has 3 amide bonds. The minimum Gasteiger partial charge on any atom is -0.481 e. The lowest BCUT2D eigenvalue weighted by Crippen LogP contribution is -2.58. The number of carbonyl (C=O) groups excluding carboxylic acids is 3. The van der Waals surface area contributed by atoms with Gasteiger partial charge in [-0.25, -0.2) is 4.79 Å². The number of nitrogens with two attached hydrogens (primary N) is 2. The molecule has 2 rings (SSSR count). The van der Waals surface area contributed by atoms with Crippen LogP contribution >= 0.6 is 0 Å². The zero-order valence-corrected chi connectivity index (χ0v) is 22.3. The Labute approximate surface area is 230 Å². The fraction of sp³-hybridized carbons (Fsp3) is 0.500. The van der Waals surface area contributed by atoms with Crippen LogP contribution in [0.4, 0.5) is 0 Å². The summed E-state index contributed by atoms with van der Waals surface area (Å²) in [6, 6.07) is 1.98. The van der Waals surface area contributed by atoms with Gasteiger partial charge in [0.05, 0.1) is 6.10 Å². The summed E-state index contributed by atoms with van der Waals surface area (Å²) in [5, 5.41) is 36.5. The summed E-state index contributed by atoms with van der Waals surface area (Å²) in [7, 11) is 0. The standard InChI is InChI=1S/C26H38N6O8/c1-14(33)22(28)25(38)32-20(12-15-13-29-17-7-3-2-6-16(15)17)24(37)30-18(9-10-21(34)35)23(36)31-19(26(39)40)8-4-5-11-27/h2-3,6-7,13-14,18-20,22,29,33H,4-5,8-12,27-28H2,1H3,(H,30,37)(H,31,36)(H,32,38)(H,34,35)(H,39,40). The molecule has 0 bridgehead atoms. The van der Waals surface area contributed by atoms with Crippen LogP contribution in [0.3, 0.4) is 0 Å². The molecule has 14 heteroatoms. The number of hydrogen-bond acceptors (Lipinski definition) is 8. The molecular formula is C26H38N6O8. The van der Waals surface area contributed by atoms with Crippen LogP contribution in [-0.4, -0.2) is 86.8 Å². The number of unbranched alkanes of at least 4 members (excludes halogenated alkanes) is 1. The Morgan fingerprint density at radius 2 is 1.52 bits per heavy atom. The first-order valence-electron chi connectivity index (χ1n) is 13.0. The van der Waals surface area contributed by atoms with Crippen molar-refractivity contribution in [2.75, 3.05) is 6.54 Å². The summed E-state index contributed by atoms with van der Waals surface area (Å²) in [6.07, 6.45) is 0.674. The van der Waals surface area contributed by atoms with E-state index in [-0.39, 0.29) is 19.3 Å². The molecule has 0 fully saturated rings. The molecule has 2 aromatic rings. The summed E-state index contributed by atoms with van der Waals surface area (Å²) < 4.78 is 0. The summed E-state index contributed by atoms with van der Waals surface area (Å²) in [5.41, 5.74) is 12.6. The second kappa shape index (κ2) is 15.5. The number of rotatable bonds is 17. The number of hydrogen-bond donors (Lipinski definition) is 9. The molecule has 0 saturated carbocycles. The Morgan fingerprint density at radius 1 is 0.900 bits per heavy atom. The maximum atomic E-state index is 13.4. The minimum atomic E-state index is -1.41. The average molecular weight is 563 g/mol. The fourth-order valence-electron chi connectivity index (χ4n) is 4.05. The van der Waals surface area contributed by atoms with Gasteiger partial charge in [0.1, 0.15) is 24.2 Å². The quantitative estimate of drug-likeness (QED) is 0.106. The second-order valence-electron chi connectivity index (χ2n) is 9.57. The third-order valence-electron chi connectivity index (χ3n) is 6.40. The number of amides is 3. The number of aromatic nitrogens is 1. The Bertz CT molecular complexity index is 1180. The highest BCUT2D eigenvalue weighted by Gasteiger charge is 2.31.